The van der Waals surface area contributed by atoms with Crippen LogP contribution in [0.15, 0.2) is 91.0 Å². The molecule has 1 fully saturated rings. The fourth-order valence-electron chi connectivity index (χ4n) is 3.98. The van der Waals surface area contributed by atoms with Crippen molar-refractivity contribution < 1.29 is 24.1 Å². The highest BCUT2D eigenvalue weighted by Gasteiger charge is 2.46. The molecule has 6 nitrogen and oxygen atoms in total. The van der Waals surface area contributed by atoms with Gasteiger partial charge in [-0.25, -0.2) is 4.79 Å². The van der Waals surface area contributed by atoms with Crippen LogP contribution in [0.1, 0.15) is 16.7 Å². The largest absolute Gasteiger partial charge is 0.445 e. The van der Waals surface area contributed by atoms with Crippen molar-refractivity contribution in [1.29, 1.82) is 0 Å². The SMILES string of the molecule is O=C(OCc1ccccc1)N1CC(OCc2ccccc2)C(OCc2ccccc2)C1CO. The summed E-state index contributed by atoms with van der Waals surface area (Å²) in [6.45, 7) is 0.956. The molecule has 1 aliphatic heterocycles. The molecule has 3 aromatic rings. The van der Waals surface area contributed by atoms with E-state index in [0.717, 1.165) is 16.7 Å². The highest BCUT2D eigenvalue weighted by atomic mass is 16.6. The Labute approximate surface area is 194 Å². The van der Waals surface area contributed by atoms with E-state index in [9.17, 15) is 9.90 Å². The van der Waals surface area contributed by atoms with Gasteiger partial charge in [-0.1, -0.05) is 91.0 Å². The van der Waals surface area contributed by atoms with E-state index in [1.54, 1.807) is 0 Å². The Morgan fingerprint density at radius 3 is 1.76 bits per heavy atom. The highest BCUT2D eigenvalue weighted by molar-refractivity contribution is 5.69. The van der Waals surface area contributed by atoms with Gasteiger partial charge in [0.1, 0.15) is 18.8 Å². The molecule has 0 radical (unpaired) electrons. The van der Waals surface area contributed by atoms with Gasteiger partial charge < -0.3 is 19.3 Å². The molecule has 3 atom stereocenters. The van der Waals surface area contributed by atoms with Gasteiger partial charge in [0.2, 0.25) is 0 Å². The third-order valence-corrected chi connectivity index (χ3v) is 5.74. The maximum absolute atomic E-state index is 12.9. The van der Waals surface area contributed by atoms with Crippen LogP contribution in [-0.2, 0) is 34.0 Å². The van der Waals surface area contributed by atoms with Crippen LogP contribution in [0.5, 0.6) is 0 Å². The first-order chi connectivity index (χ1) is 16.2. The van der Waals surface area contributed by atoms with Crippen LogP contribution in [0.2, 0.25) is 0 Å². The van der Waals surface area contributed by atoms with E-state index in [2.05, 4.69) is 0 Å². The maximum atomic E-state index is 12.9. The topological polar surface area (TPSA) is 68.2 Å². The minimum Gasteiger partial charge on any atom is -0.445 e. The van der Waals surface area contributed by atoms with Crippen LogP contribution in [0.4, 0.5) is 4.79 Å². The molecule has 1 amide bonds. The van der Waals surface area contributed by atoms with Crippen molar-refractivity contribution in [2.75, 3.05) is 13.2 Å². The monoisotopic (exact) mass is 447 g/mol. The molecule has 1 heterocycles. The Kier molecular flexibility index (Phi) is 8.09. The number of hydrogen-bond donors (Lipinski definition) is 1. The normalized spacial score (nSPS) is 20.0. The average Bonchev–Trinajstić information content (AvgIpc) is 3.24. The molecule has 6 heteroatoms. The zero-order chi connectivity index (χ0) is 22.9. The van der Waals surface area contributed by atoms with E-state index in [4.69, 9.17) is 14.2 Å². The molecular weight excluding hydrogens is 418 g/mol. The van der Waals surface area contributed by atoms with Crippen LogP contribution < -0.4 is 0 Å². The lowest BCUT2D eigenvalue weighted by Crippen LogP contribution is -2.43. The first kappa shape index (κ1) is 23.0. The fraction of sp³-hybridized carbons (Fsp3) is 0.296. The number of rotatable bonds is 9. The third-order valence-electron chi connectivity index (χ3n) is 5.74. The minimum absolute atomic E-state index is 0.166. The van der Waals surface area contributed by atoms with E-state index in [-0.39, 0.29) is 19.8 Å². The number of aliphatic hydroxyl groups is 1. The Hall–Kier alpha value is -3.19. The van der Waals surface area contributed by atoms with Crippen molar-refractivity contribution in [2.24, 2.45) is 0 Å². The second-order valence-corrected chi connectivity index (χ2v) is 8.04. The van der Waals surface area contributed by atoms with E-state index >= 15 is 0 Å². The zero-order valence-corrected chi connectivity index (χ0v) is 18.5. The first-order valence-electron chi connectivity index (χ1n) is 11.1. The Morgan fingerprint density at radius 1 is 0.758 bits per heavy atom. The molecule has 3 unspecified atom stereocenters. The summed E-state index contributed by atoms with van der Waals surface area (Å²) in [6.07, 6.45) is -1.37. The van der Waals surface area contributed by atoms with Gasteiger partial charge in [0.05, 0.1) is 32.4 Å². The van der Waals surface area contributed by atoms with Crippen LogP contribution >= 0.6 is 0 Å². The van der Waals surface area contributed by atoms with Gasteiger partial charge in [-0.2, -0.15) is 0 Å². The highest BCUT2D eigenvalue weighted by Crippen LogP contribution is 2.27. The number of benzene rings is 3. The molecule has 1 N–H and O–H groups in total. The predicted octanol–water partition coefficient (Wildman–Crippen LogP) is 4.17. The second kappa shape index (κ2) is 11.6. The van der Waals surface area contributed by atoms with Gasteiger partial charge in [-0.3, -0.25) is 4.90 Å². The van der Waals surface area contributed by atoms with Gasteiger partial charge in [0.25, 0.3) is 0 Å². The minimum atomic E-state index is -0.558. The lowest BCUT2D eigenvalue weighted by Gasteiger charge is -2.26. The number of nitrogens with zero attached hydrogens (tertiary/aromatic N) is 1. The van der Waals surface area contributed by atoms with Crippen LogP contribution in [-0.4, -0.2) is 47.5 Å². The summed E-state index contributed by atoms with van der Waals surface area (Å²) in [5.74, 6) is 0. The fourth-order valence-corrected chi connectivity index (χ4v) is 3.98. The summed E-state index contributed by atoms with van der Waals surface area (Å²) in [7, 11) is 0. The zero-order valence-electron chi connectivity index (χ0n) is 18.5. The van der Waals surface area contributed by atoms with Crippen molar-refractivity contribution in [1.82, 2.24) is 4.90 Å². The molecule has 0 aliphatic carbocycles. The van der Waals surface area contributed by atoms with Crippen molar-refractivity contribution >= 4 is 6.09 Å². The van der Waals surface area contributed by atoms with Gasteiger partial charge in [0, 0.05) is 0 Å². The number of likely N-dealkylation sites (tertiary alicyclic amines) is 1. The summed E-state index contributed by atoms with van der Waals surface area (Å²) in [6, 6.07) is 28.6. The van der Waals surface area contributed by atoms with Gasteiger partial charge in [0.15, 0.2) is 0 Å². The van der Waals surface area contributed by atoms with Gasteiger partial charge in [-0.05, 0) is 16.7 Å². The summed E-state index contributed by atoms with van der Waals surface area (Å²) < 4.78 is 17.9. The van der Waals surface area contributed by atoms with Crippen LogP contribution in [0.3, 0.4) is 0 Å². The van der Waals surface area contributed by atoms with Gasteiger partial charge in [-0.15, -0.1) is 0 Å². The standard InChI is InChI=1S/C27H29NO5/c29-17-24-26(32-19-22-12-6-2-7-13-22)25(31-18-21-10-4-1-5-11-21)16-28(24)27(30)33-20-23-14-8-3-9-15-23/h1-15,24-26,29H,16-20H2. The molecule has 33 heavy (non-hydrogen) atoms. The lowest BCUT2D eigenvalue weighted by atomic mass is 10.1. The Bertz CT molecular complexity index is 983. The van der Waals surface area contributed by atoms with Crippen molar-refractivity contribution in [3.8, 4) is 0 Å². The lowest BCUT2D eigenvalue weighted by molar-refractivity contribution is -0.0760. The number of hydrogen-bond acceptors (Lipinski definition) is 5. The maximum Gasteiger partial charge on any atom is 0.410 e. The van der Waals surface area contributed by atoms with E-state index in [1.165, 1.54) is 4.90 Å². The number of carbonyl (C=O) groups excluding carboxylic acids is 1. The summed E-state index contributed by atoms with van der Waals surface area (Å²) in [5, 5.41) is 10.2. The molecule has 1 saturated heterocycles. The summed E-state index contributed by atoms with van der Waals surface area (Å²) >= 11 is 0. The molecule has 0 spiro atoms. The Morgan fingerprint density at radius 2 is 1.24 bits per heavy atom. The quantitative estimate of drug-likeness (QED) is 0.533. The number of carbonyl (C=O) groups is 1. The first-order valence-corrected chi connectivity index (χ1v) is 11.1. The van der Waals surface area contributed by atoms with E-state index in [1.807, 2.05) is 91.0 Å². The smallest absolute Gasteiger partial charge is 0.410 e. The number of ether oxygens (including phenoxy) is 3. The van der Waals surface area contributed by atoms with Gasteiger partial charge >= 0.3 is 6.09 Å². The summed E-state index contributed by atoms with van der Waals surface area (Å²) in [5.41, 5.74) is 2.95. The molecule has 4 rings (SSSR count). The van der Waals surface area contributed by atoms with Crippen molar-refractivity contribution in [3.05, 3.63) is 108 Å². The third kappa shape index (κ3) is 6.20. The molecule has 0 saturated carbocycles. The average molecular weight is 448 g/mol. The number of amides is 1. The molecule has 172 valence electrons. The Balaban J connectivity index is 1.45. The molecule has 0 bridgehead atoms. The van der Waals surface area contributed by atoms with Crippen molar-refractivity contribution in [3.63, 3.8) is 0 Å². The molecule has 0 aromatic heterocycles. The predicted molar refractivity (Wildman–Crippen MR) is 124 cm³/mol. The van der Waals surface area contributed by atoms with Crippen LogP contribution in [0.25, 0.3) is 0 Å². The van der Waals surface area contributed by atoms with E-state index in [0.29, 0.717) is 13.2 Å². The van der Waals surface area contributed by atoms with E-state index < -0.39 is 24.3 Å². The molecule has 1 aliphatic rings. The molecular formula is C27H29NO5. The summed E-state index contributed by atoms with van der Waals surface area (Å²) in [4.78, 5) is 14.4. The van der Waals surface area contributed by atoms with Crippen molar-refractivity contribution in [2.45, 2.75) is 38.1 Å². The van der Waals surface area contributed by atoms with Crippen LogP contribution in [0, 0.1) is 0 Å². The second-order valence-electron chi connectivity index (χ2n) is 8.04. The number of aliphatic hydroxyl groups excluding tert-OH is 1. The molecule has 3 aromatic carbocycles.